The highest BCUT2D eigenvalue weighted by Crippen LogP contribution is 2.27. The molecule has 0 unspecified atom stereocenters. The predicted octanol–water partition coefficient (Wildman–Crippen LogP) is 5.02. The molecule has 6 nitrogen and oxygen atoms in total. The molecule has 1 fully saturated rings. The number of nitrogens with zero attached hydrogens (tertiary/aromatic N) is 5. The minimum absolute atomic E-state index is 0.0658. The summed E-state index contributed by atoms with van der Waals surface area (Å²) in [7, 11) is 0. The Bertz CT molecular complexity index is 1380. The second kappa shape index (κ2) is 10.5. The van der Waals surface area contributed by atoms with Gasteiger partial charge >= 0.3 is 0 Å². The van der Waals surface area contributed by atoms with Gasteiger partial charge in [0.2, 0.25) is 5.91 Å². The molecule has 0 bridgehead atoms. The van der Waals surface area contributed by atoms with E-state index in [1.807, 2.05) is 59.5 Å². The Morgan fingerprint density at radius 2 is 1.75 bits per heavy atom. The maximum Gasteiger partial charge on any atom is 0.244 e. The van der Waals surface area contributed by atoms with Gasteiger partial charge in [0.15, 0.2) is 0 Å². The Labute approximate surface area is 212 Å². The van der Waals surface area contributed by atoms with Crippen molar-refractivity contribution in [3.05, 3.63) is 102 Å². The summed E-state index contributed by atoms with van der Waals surface area (Å²) in [5.41, 5.74) is 6.71. The number of carbonyl (C=O) groups excluding carboxylic acids is 1. The van der Waals surface area contributed by atoms with E-state index in [-0.39, 0.29) is 12.5 Å². The fourth-order valence-electron chi connectivity index (χ4n) is 4.78. The maximum atomic E-state index is 13.4. The lowest BCUT2D eigenvalue weighted by atomic mass is 10.1. The monoisotopic (exact) mass is 475 g/mol. The molecule has 2 heterocycles. The highest BCUT2D eigenvalue weighted by Gasteiger charge is 2.24. The third-order valence-corrected chi connectivity index (χ3v) is 6.76. The number of rotatable bonds is 5. The van der Waals surface area contributed by atoms with Crippen LogP contribution in [0.3, 0.4) is 0 Å². The summed E-state index contributed by atoms with van der Waals surface area (Å²) in [6, 6.07) is 21.6. The highest BCUT2D eigenvalue weighted by atomic mass is 16.2. The first kappa shape index (κ1) is 23.4. The fraction of sp³-hybridized carbons (Fsp3) is 0.233. The summed E-state index contributed by atoms with van der Waals surface area (Å²) in [5, 5.41) is 14.1. The number of aromatic nitrogens is 2. The molecule has 2 aromatic carbocycles. The molecule has 6 heteroatoms. The number of carbonyl (C=O) groups is 1. The Kier molecular flexibility index (Phi) is 6.81. The van der Waals surface area contributed by atoms with Crippen LogP contribution in [-0.2, 0) is 11.3 Å². The lowest BCUT2D eigenvalue weighted by Crippen LogP contribution is -2.49. The molecule has 0 spiro atoms. The van der Waals surface area contributed by atoms with Crippen molar-refractivity contribution >= 4 is 5.91 Å². The van der Waals surface area contributed by atoms with Crippen molar-refractivity contribution in [3.8, 4) is 28.6 Å². The molecule has 0 saturated carbocycles. The van der Waals surface area contributed by atoms with E-state index in [0.29, 0.717) is 18.7 Å². The predicted molar refractivity (Wildman–Crippen MR) is 142 cm³/mol. The number of amides is 1. The van der Waals surface area contributed by atoms with Crippen LogP contribution in [0.25, 0.3) is 22.5 Å². The van der Waals surface area contributed by atoms with Crippen molar-refractivity contribution in [1.82, 2.24) is 19.6 Å². The van der Waals surface area contributed by atoms with E-state index >= 15 is 0 Å². The first-order chi connectivity index (χ1) is 17.6. The third-order valence-electron chi connectivity index (χ3n) is 6.76. The van der Waals surface area contributed by atoms with E-state index in [1.54, 1.807) is 10.7 Å². The number of hydrogen-bond acceptors (Lipinski definition) is 4. The van der Waals surface area contributed by atoms with Crippen LogP contribution >= 0.6 is 0 Å². The molecule has 2 aliphatic rings. The molecule has 5 rings (SSSR count). The lowest BCUT2D eigenvalue weighted by Gasteiger charge is -2.37. The van der Waals surface area contributed by atoms with Gasteiger partial charge in [-0.3, -0.25) is 9.48 Å². The summed E-state index contributed by atoms with van der Waals surface area (Å²) in [6.07, 6.45) is 9.50. The highest BCUT2D eigenvalue weighted by molar-refractivity contribution is 5.78. The molecule has 1 aliphatic heterocycles. The lowest BCUT2D eigenvalue weighted by molar-refractivity contribution is -0.133. The van der Waals surface area contributed by atoms with Crippen LogP contribution in [0.5, 0.6) is 0 Å². The largest absolute Gasteiger partial charge is 0.368 e. The zero-order valence-electron chi connectivity index (χ0n) is 20.5. The molecular formula is C30H29N5O. The Morgan fingerprint density at radius 3 is 2.53 bits per heavy atom. The second-order valence-corrected chi connectivity index (χ2v) is 9.16. The van der Waals surface area contributed by atoms with E-state index in [1.165, 1.54) is 11.3 Å². The smallest absolute Gasteiger partial charge is 0.244 e. The zero-order valence-corrected chi connectivity index (χ0v) is 20.5. The molecule has 1 aromatic heterocycles. The summed E-state index contributed by atoms with van der Waals surface area (Å²) < 4.78 is 1.80. The molecule has 3 aromatic rings. The first-order valence-corrected chi connectivity index (χ1v) is 12.3. The van der Waals surface area contributed by atoms with Crippen molar-refractivity contribution in [2.75, 3.05) is 26.2 Å². The minimum Gasteiger partial charge on any atom is -0.368 e. The average molecular weight is 476 g/mol. The molecule has 1 amide bonds. The molecular weight excluding hydrogens is 446 g/mol. The van der Waals surface area contributed by atoms with Crippen LogP contribution in [0.15, 0.2) is 96.2 Å². The third kappa shape index (κ3) is 5.01. The second-order valence-electron chi connectivity index (χ2n) is 9.16. The summed E-state index contributed by atoms with van der Waals surface area (Å²) in [4.78, 5) is 17.7. The van der Waals surface area contributed by atoms with Gasteiger partial charge in [-0.15, -0.1) is 0 Å². The molecule has 1 saturated heterocycles. The number of nitriles is 1. The van der Waals surface area contributed by atoms with Gasteiger partial charge in [0.05, 0.1) is 23.0 Å². The standard InChI is InChI=1S/C30H29N5O/c1-23-9-4-2-7-14-28(23)33-15-17-34(18-16-33)30(36)22-35-29(25-11-5-3-6-12-25)20-27(32-35)26-13-8-10-24(19-26)21-31/h2-8,10-14,19-20H,9,15-18,22H2,1H3. The van der Waals surface area contributed by atoms with E-state index in [4.69, 9.17) is 5.10 Å². The van der Waals surface area contributed by atoms with Crippen molar-refractivity contribution in [3.63, 3.8) is 0 Å². The van der Waals surface area contributed by atoms with Crippen LogP contribution in [0.1, 0.15) is 18.9 Å². The Morgan fingerprint density at radius 1 is 0.972 bits per heavy atom. The average Bonchev–Trinajstić information content (AvgIpc) is 3.22. The van der Waals surface area contributed by atoms with E-state index in [0.717, 1.165) is 42.0 Å². The normalized spacial score (nSPS) is 15.7. The molecule has 0 atom stereocenters. The van der Waals surface area contributed by atoms with E-state index in [2.05, 4.69) is 42.2 Å². The zero-order chi connectivity index (χ0) is 24.9. The van der Waals surface area contributed by atoms with E-state index in [9.17, 15) is 10.1 Å². The van der Waals surface area contributed by atoms with Crippen LogP contribution < -0.4 is 0 Å². The van der Waals surface area contributed by atoms with Crippen LogP contribution in [0.4, 0.5) is 0 Å². The van der Waals surface area contributed by atoms with Gasteiger partial charge in [-0.05, 0) is 48.8 Å². The fourth-order valence-corrected chi connectivity index (χ4v) is 4.78. The number of piperazine rings is 1. The Hall–Kier alpha value is -4.37. The minimum atomic E-state index is 0.0658. The number of hydrogen-bond donors (Lipinski definition) is 0. The topological polar surface area (TPSA) is 65.2 Å². The maximum absolute atomic E-state index is 13.4. The summed E-state index contributed by atoms with van der Waals surface area (Å²) in [5.74, 6) is 0.0658. The van der Waals surface area contributed by atoms with Crippen molar-refractivity contribution in [2.45, 2.75) is 19.9 Å². The number of allylic oxidation sites excluding steroid dienone is 5. The van der Waals surface area contributed by atoms with E-state index < -0.39 is 0 Å². The van der Waals surface area contributed by atoms with Crippen LogP contribution in [0.2, 0.25) is 0 Å². The van der Waals surface area contributed by atoms with Crippen LogP contribution in [0, 0.1) is 11.3 Å². The van der Waals surface area contributed by atoms with Gasteiger partial charge in [0, 0.05) is 37.4 Å². The first-order valence-electron chi connectivity index (χ1n) is 12.3. The van der Waals surface area contributed by atoms with Gasteiger partial charge in [-0.2, -0.15) is 10.4 Å². The summed E-state index contributed by atoms with van der Waals surface area (Å²) in [6.45, 7) is 5.37. The molecule has 36 heavy (non-hydrogen) atoms. The van der Waals surface area contributed by atoms with Crippen molar-refractivity contribution < 1.29 is 4.79 Å². The van der Waals surface area contributed by atoms with Gasteiger partial charge < -0.3 is 9.80 Å². The van der Waals surface area contributed by atoms with Gasteiger partial charge in [-0.1, -0.05) is 60.7 Å². The van der Waals surface area contributed by atoms with Gasteiger partial charge in [0.25, 0.3) is 0 Å². The number of benzene rings is 2. The van der Waals surface area contributed by atoms with Gasteiger partial charge in [-0.25, -0.2) is 0 Å². The van der Waals surface area contributed by atoms with Gasteiger partial charge in [0.1, 0.15) is 6.54 Å². The quantitative estimate of drug-likeness (QED) is 0.520. The van der Waals surface area contributed by atoms with Crippen molar-refractivity contribution in [2.24, 2.45) is 0 Å². The summed E-state index contributed by atoms with van der Waals surface area (Å²) >= 11 is 0. The Balaban J connectivity index is 1.35. The molecule has 1 aliphatic carbocycles. The molecule has 180 valence electrons. The van der Waals surface area contributed by atoms with Crippen LogP contribution in [-0.4, -0.2) is 51.7 Å². The molecule has 0 N–H and O–H groups in total. The van der Waals surface area contributed by atoms with Crippen molar-refractivity contribution in [1.29, 1.82) is 5.26 Å². The molecule has 0 radical (unpaired) electrons. The SMILES string of the molecule is CC1=C(N2CCN(C(=O)Cn3nc(-c4cccc(C#N)c4)cc3-c3ccccc3)CC2)C=CC=CC1.